The van der Waals surface area contributed by atoms with Crippen molar-refractivity contribution in [2.24, 2.45) is 5.73 Å². The van der Waals surface area contributed by atoms with Crippen LogP contribution >= 0.6 is 35.6 Å². The molecule has 1 aliphatic heterocycles. The molecule has 1 atom stereocenters. The molecular weight excluding hydrogens is 300 g/mol. The highest BCUT2D eigenvalue weighted by Crippen LogP contribution is 2.39. The molecule has 19 heavy (non-hydrogen) atoms. The number of carbonyl (C=O) groups excluding carboxylic acids is 1. The number of nitrogens with one attached hydrogen (secondary N) is 1. The second-order valence-electron chi connectivity index (χ2n) is 4.70. The number of anilines is 1. The van der Waals surface area contributed by atoms with E-state index < -0.39 is 0 Å². The fourth-order valence-electron chi connectivity index (χ4n) is 1.99. The van der Waals surface area contributed by atoms with Gasteiger partial charge >= 0.3 is 0 Å². The fourth-order valence-corrected chi connectivity index (χ4v) is 3.49. The van der Waals surface area contributed by atoms with Gasteiger partial charge in [0.15, 0.2) is 0 Å². The smallest absolute Gasteiger partial charge is 0.240 e. The summed E-state index contributed by atoms with van der Waals surface area (Å²) in [6.45, 7) is 1.96. The van der Waals surface area contributed by atoms with Crippen molar-refractivity contribution in [2.75, 3.05) is 11.1 Å². The molecule has 1 aromatic carbocycles. The minimum absolute atomic E-state index is 0.0167. The lowest BCUT2D eigenvalue weighted by Gasteiger charge is -2.22. The summed E-state index contributed by atoms with van der Waals surface area (Å²) < 4.78 is -0.372. The summed E-state index contributed by atoms with van der Waals surface area (Å²) in [6, 6.07) is 5.15. The molecule has 0 aromatic heterocycles. The van der Waals surface area contributed by atoms with Crippen molar-refractivity contribution >= 4 is 52.2 Å². The zero-order chi connectivity index (χ0) is 14.0. The van der Waals surface area contributed by atoms with Gasteiger partial charge < -0.3 is 11.1 Å². The molecule has 3 N–H and O–H groups in total. The minimum Gasteiger partial charge on any atom is -0.389 e. The van der Waals surface area contributed by atoms with Gasteiger partial charge in [0.1, 0.15) is 4.99 Å². The molecule has 1 aliphatic rings. The minimum atomic E-state index is -0.372. The lowest BCUT2D eigenvalue weighted by molar-refractivity contribution is -0.118. The van der Waals surface area contributed by atoms with Crippen LogP contribution in [0, 0.1) is 0 Å². The SMILES string of the molecule is CC1(C(=O)Nc2cc(C(N)=S)ccc2Cl)CCCS1. The number of hydrogen-bond donors (Lipinski definition) is 2. The van der Waals surface area contributed by atoms with E-state index >= 15 is 0 Å². The van der Waals surface area contributed by atoms with Gasteiger partial charge in [-0.05, 0) is 37.7 Å². The molecule has 1 aromatic rings. The van der Waals surface area contributed by atoms with E-state index in [4.69, 9.17) is 29.6 Å². The molecule has 102 valence electrons. The van der Waals surface area contributed by atoms with Gasteiger partial charge in [-0.15, -0.1) is 11.8 Å². The average Bonchev–Trinajstić information content (AvgIpc) is 2.80. The quantitative estimate of drug-likeness (QED) is 0.841. The first-order chi connectivity index (χ1) is 8.92. The highest BCUT2D eigenvalue weighted by Gasteiger charge is 2.37. The van der Waals surface area contributed by atoms with Crippen molar-refractivity contribution in [1.82, 2.24) is 0 Å². The van der Waals surface area contributed by atoms with Crippen LogP contribution in [0.1, 0.15) is 25.3 Å². The third kappa shape index (κ3) is 3.22. The number of thiocarbonyl (C=S) groups is 1. The maximum absolute atomic E-state index is 12.3. The van der Waals surface area contributed by atoms with Crippen LogP contribution in [0.2, 0.25) is 5.02 Å². The summed E-state index contributed by atoms with van der Waals surface area (Å²) in [4.78, 5) is 12.6. The van der Waals surface area contributed by atoms with Crippen LogP contribution in [-0.2, 0) is 4.79 Å². The molecule has 1 unspecified atom stereocenters. The maximum Gasteiger partial charge on any atom is 0.240 e. The number of nitrogens with two attached hydrogens (primary N) is 1. The predicted octanol–water partition coefficient (Wildman–Crippen LogP) is 3.20. The van der Waals surface area contributed by atoms with Crippen LogP contribution < -0.4 is 11.1 Å². The zero-order valence-electron chi connectivity index (χ0n) is 10.5. The molecule has 0 radical (unpaired) electrons. The molecule has 0 bridgehead atoms. The highest BCUT2D eigenvalue weighted by molar-refractivity contribution is 8.01. The lowest BCUT2D eigenvalue weighted by atomic mass is 10.0. The molecule has 1 saturated heterocycles. The summed E-state index contributed by atoms with van der Waals surface area (Å²) >= 11 is 12.7. The maximum atomic E-state index is 12.3. The molecule has 2 rings (SSSR count). The first kappa shape index (κ1) is 14.6. The van der Waals surface area contributed by atoms with Crippen LogP contribution in [0.5, 0.6) is 0 Å². The van der Waals surface area contributed by atoms with Gasteiger partial charge in [-0.25, -0.2) is 0 Å². The standard InChI is InChI=1S/C13H15ClN2OS2/c1-13(5-2-6-19-13)12(17)16-10-7-8(11(15)18)3-4-9(10)14/h3-4,7H,2,5-6H2,1H3,(H2,15,18)(H,16,17). The van der Waals surface area contributed by atoms with Crippen molar-refractivity contribution in [2.45, 2.75) is 24.5 Å². The fraction of sp³-hybridized carbons (Fsp3) is 0.385. The van der Waals surface area contributed by atoms with E-state index in [1.165, 1.54) is 0 Å². The van der Waals surface area contributed by atoms with Crippen molar-refractivity contribution in [1.29, 1.82) is 0 Å². The topological polar surface area (TPSA) is 55.1 Å². The number of amides is 1. The zero-order valence-corrected chi connectivity index (χ0v) is 12.9. The van der Waals surface area contributed by atoms with Gasteiger partial charge in [0.2, 0.25) is 5.91 Å². The third-order valence-electron chi connectivity index (χ3n) is 3.20. The molecule has 1 fully saturated rings. The third-order valence-corrected chi connectivity index (χ3v) is 5.28. The number of benzene rings is 1. The van der Waals surface area contributed by atoms with Crippen LogP contribution in [0.15, 0.2) is 18.2 Å². The van der Waals surface area contributed by atoms with E-state index in [2.05, 4.69) is 5.32 Å². The summed E-state index contributed by atoms with van der Waals surface area (Å²) in [6.07, 6.45) is 1.95. The molecule has 1 heterocycles. The van der Waals surface area contributed by atoms with Gasteiger partial charge in [0.25, 0.3) is 0 Å². The van der Waals surface area contributed by atoms with E-state index in [1.54, 1.807) is 30.0 Å². The lowest BCUT2D eigenvalue weighted by Crippen LogP contribution is -2.34. The Bertz CT molecular complexity index is 527. The monoisotopic (exact) mass is 314 g/mol. The Morgan fingerprint density at radius 2 is 2.32 bits per heavy atom. The van der Waals surface area contributed by atoms with Gasteiger partial charge in [0, 0.05) is 5.56 Å². The van der Waals surface area contributed by atoms with Crippen molar-refractivity contribution in [3.8, 4) is 0 Å². The van der Waals surface area contributed by atoms with Gasteiger partial charge in [-0.1, -0.05) is 29.9 Å². The molecular formula is C13H15ClN2OS2. The molecule has 0 spiro atoms. The van der Waals surface area contributed by atoms with Crippen molar-refractivity contribution in [3.05, 3.63) is 28.8 Å². The van der Waals surface area contributed by atoms with E-state index in [0.29, 0.717) is 16.3 Å². The molecule has 0 saturated carbocycles. The Morgan fingerprint density at radius 1 is 1.58 bits per heavy atom. The molecule has 0 aliphatic carbocycles. The van der Waals surface area contributed by atoms with Crippen LogP contribution in [-0.4, -0.2) is 21.4 Å². The van der Waals surface area contributed by atoms with Crippen LogP contribution in [0.3, 0.4) is 0 Å². The van der Waals surface area contributed by atoms with E-state index in [9.17, 15) is 4.79 Å². The summed E-state index contributed by atoms with van der Waals surface area (Å²) in [5.41, 5.74) is 6.84. The van der Waals surface area contributed by atoms with Gasteiger partial charge in [-0.3, -0.25) is 4.79 Å². The number of carbonyl (C=O) groups is 1. The number of halogens is 1. The van der Waals surface area contributed by atoms with Crippen LogP contribution in [0.25, 0.3) is 0 Å². The normalized spacial score (nSPS) is 22.2. The van der Waals surface area contributed by atoms with E-state index in [-0.39, 0.29) is 15.6 Å². The first-order valence-corrected chi connectivity index (χ1v) is 7.74. The predicted molar refractivity (Wildman–Crippen MR) is 86.1 cm³/mol. The van der Waals surface area contributed by atoms with E-state index in [1.807, 2.05) is 6.92 Å². The number of thioether (sulfide) groups is 1. The van der Waals surface area contributed by atoms with Gasteiger partial charge in [-0.2, -0.15) is 0 Å². The van der Waals surface area contributed by atoms with Crippen molar-refractivity contribution < 1.29 is 4.79 Å². The highest BCUT2D eigenvalue weighted by atomic mass is 35.5. The van der Waals surface area contributed by atoms with E-state index in [0.717, 1.165) is 18.6 Å². The summed E-state index contributed by atoms with van der Waals surface area (Å²) in [5.74, 6) is 1.00. The molecule has 6 heteroatoms. The largest absolute Gasteiger partial charge is 0.389 e. The first-order valence-electron chi connectivity index (χ1n) is 5.97. The second-order valence-corrected chi connectivity index (χ2v) is 7.14. The Kier molecular flexibility index (Phi) is 4.38. The van der Waals surface area contributed by atoms with Gasteiger partial charge in [0.05, 0.1) is 15.5 Å². The molecule has 1 amide bonds. The number of hydrogen-bond acceptors (Lipinski definition) is 3. The Labute approximate surface area is 127 Å². The Balaban J connectivity index is 2.20. The van der Waals surface area contributed by atoms with Crippen molar-refractivity contribution in [3.63, 3.8) is 0 Å². The average molecular weight is 315 g/mol. The summed E-state index contributed by atoms with van der Waals surface area (Å²) in [7, 11) is 0. The van der Waals surface area contributed by atoms with Crippen LogP contribution in [0.4, 0.5) is 5.69 Å². The Morgan fingerprint density at radius 3 is 2.89 bits per heavy atom. The Hall–Kier alpha value is -0.780. The number of rotatable bonds is 3. The summed E-state index contributed by atoms with van der Waals surface area (Å²) in [5, 5.41) is 3.37. The molecule has 3 nitrogen and oxygen atoms in total. The second kappa shape index (κ2) is 5.69.